The smallest absolute Gasteiger partial charge is 0.364 e. The average molecular weight is 236 g/mol. The van der Waals surface area contributed by atoms with Gasteiger partial charge in [0.15, 0.2) is 5.78 Å². The summed E-state index contributed by atoms with van der Waals surface area (Å²) in [7, 11) is 0. The van der Waals surface area contributed by atoms with Gasteiger partial charge >= 0.3 is 6.18 Å². The lowest BCUT2D eigenvalue weighted by molar-refractivity contribution is -0.174. The number of allylic oxidation sites excluding steroid dienone is 1. The highest BCUT2D eigenvalue weighted by Crippen LogP contribution is 2.19. The molecule has 0 aromatic heterocycles. The molecule has 0 saturated heterocycles. The first kappa shape index (κ1) is 13.2. The Balaban J connectivity index is 2.31. The third kappa shape index (κ3) is 5.30. The normalized spacial score (nSPS) is 17.8. The average Bonchev–Trinajstić information content (AvgIpc) is 2.43. The second-order valence-electron chi connectivity index (χ2n) is 3.86. The van der Waals surface area contributed by atoms with E-state index in [0.29, 0.717) is 12.0 Å². The van der Waals surface area contributed by atoms with E-state index in [1.807, 2.05) is 6.08 Å². The summed E-state index contributed by atoms with van der Waals surface area (Å²) in [6, 6.07) is 0. The van der Waals surface area contributed by atoms with Crippen molar-refractivity contribution in [3.8, 4) is 0 Å². The van der Waals surface area contributed by atoms with Gasteiger partial charge in [0, 0.05) is 0 Å². The van der Waals surface area contributed by atoms with Crippen molar-refractivity contribution in [2.45, 2.75) is 38.3 Å². The molecule has 0 unspecified atom stereocenters. The fourth-order valence-corrected chi connectivity index (χ4v) is 1.62. The zero-order chi connectivity index (χ0) is 12.0. The third-order valence-electron chi connectivity index (χ3n) is 2.40. The molecule has 16 heavy (non-hydrogen) atoms. The van der Waals surface area contributed by atoms with E-state index in [4.69, 9.17) is 0 Å². The molecule has 1 aliphatic carbocycles. The highest BCUT2D eigenvalue weighted by molar-refractivity contribution is 5.96. The van der Waals surface area contributed by atoms with Gasteiger partial charge in [-0.3, -0.25) is 4.79 Å². The van der Waals surface area contributed by atoms with Crippen LogP contribution in [0.25, 0.3) is 0 Å². The van der Waals surface area contributed by atoms with Crippen molar-refractivity contribution in [1.82, 2.24) is 0 Å². The van der Waals surface area contributed by atoms with Crippen molar-refractivity contribution >= 4 is 5.78 Å². The molecule has 0 aliphatic heterocycles. The Hall–Kier alpha value is -0.840. The lowest BCUT2D eigenvalue weighted by atomic mass is 10.1. The second-order valence-corrected chi connectivity index (χ2v) is 3.86. The molecule has 5 heteroatoms. The molecule has 92 valence electrons. The maximum atomic E-state index is 11.8. The predicted molar refractivity (Wildman–Crippen MR) is 53.0 cm³/mol. The molecule has 0 spiro atoms. The van der Waals surface area contributed by atoms with E-state index >= 15 is 0 Å². The molecule has 0 bridgehead atoms. The fraction of sp³-hybridized carbons (Fsp3) is 0.727. The van der Waals surface area contributed by atoms with Crippen molar-refractivity contribution in [2.24, 2.45) is 0 Å². The van der Waals surface area contributed by atoms with E-state index in [1.165, 1.54) is 0 Å². The van der Waals surface area contributed by atoms with Crippen LogP contribution in [0, 0.1) is 0 Å². The largest absolute Gasteiger partial charge is 0.411 e. The summed E-state index contributed by atoms with van der Waals surface area (Å²) in [5.41, 5.74) is 0.625. The van der Waals surface area contributed by atoms with Gasteiger partial charge in [-0.25, -0.2) is 0 Å². The Kier molecular flexibility index (Phi) is 4.99. The van der Waals surface area contributed by atoms with Crippen LogP contribution in [0.2, 0.25) is 0 Å². The van der Waals surface area contributed by atoms with Gasteiger partial charge in [-0.05, 0) is 31.3 Å². The Morgan fingerprint density at radius 2 is 2.06 bits per heavy atom. The van der Waals surface area contributed by atoms with Gasteiger partial charge in [0.1, 0.15) is 13.2 Å². The Morgan fingerprint density at radius 3 is 2.75 bits per heavy atom. The highest BCUT2D eigenvalue weighted by Gasteiger charge is 2.28. The molecule has 0 heterocycles. The molecule has 1 aliphatic rings. The fourth-order valence-electron chi connectivity index (χ4n) is 1.62. The lowest BCUT2D eigenvalue weighted by Crippen LogP contribution is -2.21. The first-order valence-corrected chi connectivity index (χ1v) is 5.36. The van der Waals surface area contributed by atoms with Crippen LogP contribution in [0.15, 0.2) is 11.6 Å². The Labute approximate surface area is 92.5 Å². The minimum atomic E-state index is -4.36. The van der Waals surface area contributed by atoms with E-state index in [0.717, 1.165) is 25.7 Å². The quantitative estimate of drug-likeness (QED) is 0.750. The number of hydrogen-bond donors (Lipinski definition) is 0. The number of halogens is 3. The van der Waals surface area contributed by atoms with Crippen LogP contribution < -0.4 is 0 Å². The van der Waals surface area contributed by atoms with Crippen LogP contribution in [-0.2, 0) is 9.53 Å². The molecular formula is C11H15F3O2. The number of hydrogen-bond acceptors (Lipinski definition) is 2. The minimum absolute atomic E-state index is 0.314. The molecule has 1 rings (SSSR count). The van der Waals surface area contributed by atoms with E-state index in [-0.39, 0.29) is 5.78 Å². The van der Waals surface area contributed by atoms with Crippen LogP contribution in [0.5, 0.6) is 0 Å². The topological polar surface area (TPSA) is 26.3 Å². The predicted octanol–water partition coefficient (Wildman–Crippen LogP) is 3.02. The maximum absolute atomic E-state index is 11.8. The SMILES string of the molecule is O=C(COCC(F)(F)F)C1=CCCCCC1. The van der Waals surface area contributed by atoms with Crippen LogP contribution in [0.4, 0.5) is 13.2 Å². The Bertz CT molecular complexity index is 269. The zero-order valence-corrected chi connectivity index (χ0v) is 8.98. The third-order valence-corrected chi connectivity index (χ3v) is 2.40. The van der Waals surface area contributed by atoms with Crippen LogP contribution in [-0.4, -0.2) is 25.2 Å². The molecule has 0 aromatic carbocycles. The molecule has 0 saturated carbocycles. The van der Waals surface area contributed by atoms with E-state index in [9.17, 15) is 18.0 Å². The summed E-state index contributed by atoms with van der Waals surface area (Å²) in [6.45, 7) is -1.82. The summed E-state index contributed by atoms with van der Waals surface area (Å²) in [5.74, 6) is -0.314. The van der Waals surface area contributed by atoms with Gasteiger partial charge in [-0.2, -0.15) is 13.2 Å². The first-order chi connectivity index (χ1) is 7.49. The lowest BCUT2D eigenvalue weighted by Gasteiger charge is -2.08. The summed E-state index contributed by atoms with van der Waals surface area (Å²) in [4.78, 5) is 11.5. The van der Waals surface area contributed by atoms with Crippen LogP contribution in [0.1, 0.15) is 32.1 Å². The van der Waals surface area contributed by atoms with Gasteiger partial charge in [0.05, 0.1) is 0 Å². The maximum Gasteiger partial charge on any atom is 0.411 e. The van der Waals surface area contributed by atoms with Crippen molar-refractivity contribution in [1.29, 1.82) is 0 Å². The molecule has 0 radical (unpaired) electrons. The van der Waals surface area contributed by atoms with Crippen LogP contribution >= 0.6 is 0 Å². The zero-order valence-electron chi connectivity index (χ0n) is 8.98. The number of ether oxygens (including phenoxy) is 1. The van der Waals surface area contributed by atoms with Gasteiger partial charge in [-0.15, -0.1) is 0 Å². The molecular weight excluding hydrogens is 221 g/mol. The summed E-state index contributed by atoms with van der Waals surface area (Å²) >= 11 is 0. The molecule has 0 N–H and O–H groups in total. The van der Waals surface area contributed by atoms with Gasteiger partial charge in [-0.1, -0.05) is 12.5 Å². The van der Waals surface area contributed by atoms with Gasteiger partial charge in [0.25, 0.3) is 0 Å². The molecule has 0 atom stereocenters. The number of Topliss-reactive ketones (excluding diaryl/α,β-unsaturated/α-hetero) is 1. The van der Waals surface area contributed by atoms with E-state index in [2.05, 4.69) is 4.74 Å². The van der Waals surface area contributed by atoms with Gasteiger partial charge in [0.2, 0.25) is 0 Å². The standard InChI is InChI=1S/C11H15F3O2/c12-11(13,14)8-16-7-10(15)9-5-3-1-2-4-6-9/h5H,1-4,6-8H2. The molecule has 0 fully saturated rings. The monoisotopic (exact) mass is 236 g/mol. The highest BCUT2D eigenvalue weighted by atomic mass is 19.4. The number of carbonyl (C=O) groups excluding carboxylic acids is 1. The number of rotatable bonds is 4. The van der Waals surface area contributed by atoms with Crippen LogP contribution in [0.3, 0.4) is 0 Å². The van der Waals surface area contributed by atoms with Crippen molar-refractivity contribution in [2.75, 3.05) is 13.2 Å². The van der Waals surface area contributed by atoms with E-state index in [1.54, 1.807) is 0 Å². The summed E-state index contributed by atoms with van der Waals surface area (Å²) in [5, 5.41) is 0. The molecule has 0 aromatic rings. The summed E-state index contributed by atoms with van der Waals surface area (Å²) < 4.78 is 39.6. The van der Waals surface area contributed by atoms with Crippen molar-refractivity contribution < 1.29 is 22.7 Å². The first-order valence-electron chi connectivity index (χ1n) is 5.36. The Morgan fingerprint density at radius 1 is 1.31 bits per heavy atom. The summed E-state index contributed by atoms with van der Waals surface area (Å²) in [6.07, 6.45) is 1.99. The second kappa shape index (κ2) is 6.03. The van der Waals surface area contributed by atoms with Gasteiger partial charge < -0.3 is 4.74 Å². The number of alkyl halides is 3. The minimum Gasteiger partial charge on any atom is -0.364 e. The molecule has 2 nitrogen and oxygen atoms in total. The van der Waals surface area contributed by atoms with E-state index < -0.39 is 19.4 Å². The van der Waals surface area contributed by atoms with Crippen molar-refractivity contribution in [3.05, 3.63) is 11.6 Å². The number of carbonyl (C=O) groups is 1. The van der Waals surface area contributed by atoms with Crippen molar-refractivity contribution in [3.63, 3.8) is 0 Å². The molecule has 0 amide bonds. The number of ketones is 1.